The number of alkyl halides is 3. The zero-order valence-electron chi connectivity index (χ0n) is 12.0. The lowest BCUT2D eigenvalue weighted by Crippen LogP contribution is -2.62. The van der Waals surface area contributed by atoms with E-state index in [1.54, 1.807) is 0 Å². The second kappa shape index (κ2) is 5.45. The van der Waals surface area contributed by atoms with Crippen molar-refractivity contribution in [2.45, 2.75) is 17.1 Å². The van der Waals surface area contributed by atoms with Gasteiger partial charge in [-0.05, 0) is 24.3 Å². The molecule has 0 aromatic heterocycles. The highest BCUT2D eigenvalue weighted by atomic mass is 32.2. The van der Waals surface area contributed by atoms with Gasteiger partial charge in [-0.1, -0.05) is 0 Å². The van der Waals surface area contributed by atoms with Crippen molar-refractivity contribution >= 4 is 22.0 Å². The molecule has 0 spiro atoms. The third-order valence-electron chi connectivity index (χ3n) is 3.80. The number of amides is 2. The van der Waals surface area contributed by atoms with E-state index in [0.29, 0.717) is 12.1 Å². The molecule has 0 radical (unpaired) electrons. The monoisotopic (exact) mass is 364 g/mol. The molecule has 2 aliphatic heterocycles. The molecular weight excluding hydrogens is 353 g/mol. The summed E-state index contributed by atoms with van der Waals surface area (Å²) in [5, 5.41) is 0. The van der Waals surface area contributed by atoms with Crippen molar-refractivity contribution in [3.8, 4) is 0 Å². The number of halogens is 3. The maximum Gasteiger partial charge on any atom is 0.417 e. The van der Waals surface area contributed by atoms with Crippen LogP contribution < -0.4 is 0 Å². The highest BCUT2D eigenvalue weighted by molar-refractivity contribution is 7.89. The minimum absolute atomic E-state index is 0.121. The Morgan fingerprint density at radius 1 is 1.08 bits per heavy atom. The molecule has 2 saturated heterocycles. The van der Waals surface area contributed by atoms with E-state index in [2.05, 4.69) is 4.74 Å². The van der Waals surface area contributed by atoms with Crippen LogP contribution in [0.5, 0.6) is 0 Å². The molecule has 0 aliphatic carbocycles. The second-order valence-corrected chi connectivity index (χ2v) is 7.25. The van der Waals surface area contributed by atoms with Crippen LogP contribution in [0.1, 0.15) is 5.56 Å². The summed E-state index contributed by atoms with van der Waals surface area (Å²) in [6.45, 7) is -0.616. The summed E-state index contributed by atoms with van der Waals surface area (Å²) in [7, 11) is -3.99. The highest BCUT2D eigenvalue weighted by Crippen LogP contribution is 2.31. The number of hydrogen-bond acceptors (Lipinski definition) is 5. The van der Waals surface area contributed by atoms with Crippen LogP contribution in [-0.4, -0.2) is 55.4 Å². The predicted molar refractivity (Wildman–Crippen MR) is 72.2 cm³/mol. The van der Waals surface area contributed by atoms with Gasteiger partial charge in [-0.25, -0.2) is 18.1 Å². The minimum atomic E-state index is -4.55. The van der Waals surface area contributed by atoms with E-state index in [1.807, 2.05) is 0 Å². The van der Waals surface area contributed by atoms with E-state index in [4.69, 9.17) is 0 Å². The van der Waals surface area contributed by atoms with Crippen molar-refractivity contribution < 1.29 is 35.9 Å². The first-order chi connectivity index (χ1) is 11.1. The van der Waals surface area contributed by atoms with Crippen molar-refractivity contribution in [1.82, 2.24) is 9.21 Å². The van der Waals surface area contributed by atoms with Crippen LogP contribution in [0.25, 0.3) is 0 Å². The van der Waals surface area contributed by atoms with Crippen molar-refractivity contribution in [1.29, 1.82) is 0 Å². The molecule has 130 valence electrons. The molecule has 2 aliphatic rings. The topological polar surface area (TPSA) is 84.0 Å². The normalized spacial score (nSPS) is 20.2. The summed E-state index contributed by atoms with van der Waals surface area (Å²) in [6, 6.07) is 2.50. The zero-order valence-corrected chi connectivity index (χ0v) is 12.8. The fraction of sp³-hybridized carbons (Fsp3) is 0.385. The quantitative estimate of drug-likeness (QED) is 0.801. The summed E-state index contributed by atoms with van der Waals surface area (Å²) in [5.41, 5.74) is -0.951. The fourth-order valence-corrected chi connectivity index (χ4v) is 3.97. The SMILES string of the molecule is O=C1COC(=O)N1C1CN(S(=O)(=O)c2ccc(C(F)(F)F)cc2)C1. The molecule has 2 amide bonds. The summed E-state index contributed by atoms with van der Waals surface area (Å²) in [5.74, 6) is -0.545. The van der Waals surface area contributed by atoms with Gasteiger partial charge in [0.15, 0.2) is 6.61 Å². The molecular formula is C13H11F3N2O5S. The molecule has 1 aromatic carbocycles. The van der Waals surface area contributed by atoms with Crippen molar-refractivity contribution in [2.24, 2.45) is 0 Å². The van der Waals surface area contributed by atoms with E-state index < -0.39 is 39.8 Å². The van der Waals surface area contributed by atoms with Gasteiger partial charge in [0.2, 0.25) is 10.0 Å². The summed E-state index contributed by atoms with van der Waals surface area (Å²) >= 11 is 0. The largest absolute Gasteiger partial charge is 0.439 e. The number of benzene rings is 1. The van der Waals surface area contributed by atoms with Crippen molar-refractivity contribution in [2.75, 3.05) is 19.7 Å². The van der Waals surface area contributed by atoms with Crippen LogP contribution in [0.3, 0.4) is 0 Å². The molecule has 24 heavy (non-hydrogen) atoms. The van der Waals surface area contributed by atoms with Gasteiger partial charge in [-0.15, -0.1) is 0 Å². The molecule has 0 atom stereocenters. The van der Waals surface area contributed by atoms with Crippen LogP contribution in [0.2, 0.25) is 0 Å². The van der Waals surface area contributed by atoms with E-state index in [-0.39, 0.29) is 24.6 Å². The van der Waals surface area contributed by atoms with E-state index >= 15 is 0 Å². The maximum absolute atomic E-state index is 12.5. The zero-order chi connectivity index (χ0) is 17.7. The van der Waals surface area contributed by atoms with Gasteiger partial charge in [0.25, 0.3) is 5.91 Å². The molecule has 11 heteroatoms. The Bertz CT molecular complexity index is 769. The van der Waals surface area contributed by atoms with Crippen molar-refractivity contribution in [3.63, 3.8) is 0 Å². The molecule has 0 saturated carbocycles. The van der Waals surface area contributed by atoms with Crippen LogP contribution in [-0.2, 0) is 25.7 Å². The van der Waals surface area contributed by atoms with E-state index in [0.717, 1.165) is 21.3 Å². The highest BCUT2D eigenvalue weighted by Gasteiger charge is 2.46. The number of hydrogen-bond donors (Lipinski definition) is 0. The number of nitrogens with zero attached hydrogens (tertiary/aromatic N) is 2. The molecule has 0 N–H and O–H groups in total. The molecule has 1 aromatic rings. The Kier molecular flexibility index (Phi) is 3.79. The van der Waals surface area contributed by atoms with Crippen LogP contribution in [0.4, 0.5) is 18.0 Å². The average Bonchev–Trinajstić information content (AvgIpc) is 2.77. The summed E-state index contributed by atoms with van der Waals surface area (Å²) in [4.78, 5) is 23.4. The number of rotatable bonds is 3. The first-order valence-corrected chi connectivity index (χ1v) is 8.21. The lowest BCUT2D eigenvalue weighted by atomic mass is 10.1. The lowest BCUT2D eigenvalue weighted by Gasteiger charge is -2.40. The number of imide groups is 1. The molecule has 2 heterocycles. The van der Waals surface area contributed by atoms with Crippen LogP contribution >= 0.6 is 0 Å². The molecule has 2 fully saturated rings. The lowest BCUT2D eigenvalue weighted by molar-refractivity contribution is -0.137. The standard InChI is InChI=1S/C13H11F3N2O5S/c14-13(15,16)8-1-3-10(4-2-8)24(21,22)17-5-9(6-17)18-11(19)7-23-12(18)20/h1-4,9H,5-7H2. The summed E-state index contributed by atoms with van der Waals surface area (Å²) < 4.78 is 67.7. The minimum Gasteiger partial charge on any atom is -0.439 e. The molecule has 3 rings (SSSR count). The Labute approximate surface area is 134 Å². The molecule has 7 nitrogen and oxygen atoms in total. The molecule has 0 bridgehead atoms. The van der Waals surface area contributed by atoms with Gasteiger partial charge in [0.05, 0.1) is 16.5 Å². The van der Waals surface area contributed by atoms with Gasteiger partial charge >= 0.3 is 12.3 Å². The Morgan fingerprint density at radius 3 is 2.12 bits per heavy atom. The Hall–Kier alpha value is -2.14. The number of ether oxygens (including phenoxy) is 1. The molecule has 0 unspecified atom stereocenters. The smallest absolute Gasteiger partial charge is 0.417 e. The predicted octanol–water partition coefficient (Wildman–Crippen LogP) is 1.06. The first kappa shape index (κ1) is 16.7. The second-order valence-electron chi connectivity index (χ2n) is 5.32. The Balaban J connectivity index is 1.72. The number of sulfonamides is 1. The first-order valence-electron chi connectivity index (χ1n) is 6.77. The third-order valence-corrected chi connectivity index (χ3v) is 5.64. The van der Waals surface area contributed by atoms with Crippen LogP contribution in [0, 0.1) is 0 Å². The van der Waals surface area contributed by atoms with Gasteiger partial charge < -0.3 is 4.74 Å². The third kappa shape index (κ3) is 2.73. The van der Waals surface area contributed by atoms with E-state index in [1.165, 1.54) is 0 Å². The van der Waals surface area contributed by atoms with Crippen molar-refractivity contribution in [3.05, 3.63) is 29.8 Å². The maximum atomic E-state index is 12.5. The number of carbonyl (C=O) groups is 2. The average molecular weight is 364 g/mol. The number of cyclic esters (lactones) is 1. The Morgan fingerprint density at radius 2 is 1.67 bits per heavy atom. The van der Waals surface area contributed by atoms with Gasteiger partial charge in [-0.2, -0.15) is 17.5 Å². The van der Waals surface area contributed by atoms with E-state index in [9.17, 15) is 31.2 Å². The number of carbonyl (C=O) groups excluding carboxylic acids is 2. The van der Waals surface area contributed by atoms with Gasteiger partial charge in [-0.3, -0.25) is 4.79 Å². The fourth-order valence-electron chi connectivity index (χ4n) is 2.46. The van der Waals surface area contributed by atoms with Crippen LogP contribution in [0.15, 0.2) is 29.2 Å². The summed E-state index contributed by atoms with van der Waals surface area (Å²) in [6.07, 6.45) is -5.38. The van der Waals surface area contributed by atoms with Gasteiger partial charge in [0, 0.05) is 13.1 Å². The van der Waals surface area contributed by atoms with Gasteiger partial charge in [0.1, 0.15) is 0 Å².